The summed E-state index contributed by atoms with van der Waals surface area (Å²) in [5, 5.41) is 5.64. The van der Waals surface area contributed by atoms with Crippen molar-refractivity contribution in [2.45, 2.75) is 31.4 Å². The first-order valence-corrected chi connectivity index (χ1v) is 6.39. The van der Waals surface area contributed by atoms with Crippen molar-refractivity contribution in [3.8, 4) is 0 Å². The maximum atomic E-state index is 5.98. The van der Waals surface area contributed by atoms with Crippen molar-refractivity contribution in [2.75, 3.05) is 12.8 Å². The largest absolute Gasteiger partial charge is 0.398 e. The van der Waals surface area contributed by atoms with Crippen LogP contribution in [-0.4, -0.2) is 30.2 Å². The van der Waals surface area contributed by atoms with E-state index >= 15 is 0 Å². The van der Waals surface area contributed by atoms with Gasteiger partial charge >= 0.3 is 0 Å². The van der Waals surface area contributed by atoms with E-state index in [4.69, 9.17) is 22.0 Å². The van der Waals surface area contributed by atoms with Gasteiger partial charge in [0.05, 0.1) is 12.1 Å². The third kappa shape index (κ3) is 2.97. The summed E-state index contributed by atoms with van der Waals surface area (Å²) in [7, 11) is 1.69. The number of nitrogens with two attached hydrogens (primary N) is 3. The van der Waals surface area contributed by atoms with Crippen molar-refractivity contribution in [1.29, 1.82) is 0 Å². The van der Waals surface area contributed by atoms with Crippen LogP contribution in [0.5, 0.6) is 0 Å². The molecule has 1 aliphatic carbocycles. The minimum absolute atomic E-state index is 0.0634. The lowest BCUT2D eigenvalue weighted by Gasteiger charge is -2.26. The van der Waals surface area contributed by atoms with Crippen molar-refractivity contribution >= 4 is 11.5 Å². The second-order valence-electron chi connectivity index (χ2n) is 4.72. The van der Waals surface area contributed by atoms with Gasteiger partial charge in [0.2, 0.25) is 0 Å². The molecule has 6 nitrogen and oxygen atoms in total. The number of hydrazone groups is 1. The molecule has 0 aromatic heterocycles. The fourth-order valence-corrected chi connectivity index (χ4v) is 2.47. The van der Waals surface area contributed by atoms with Crippen molar-refractivity contribution in [3.63, 3.8) is 0 Å². The highest BCUT2D eigenvalue weighted by atomic mass is 16.5. The summed E-state index contributed by atoms with van der Waals surface area (Å²) in [6.07, 6.45) is 3.14. The molecule has 1 fully saturated rings. The van der Waals surface area contributed by atoms with Gasteiger partial charge in [-0.1, -0.05) is 12.1 Å². The van der Waals surface area contributed by atoms with Crippen molar-refractivity contribution in [1.82, 2.24) is 5.12 Å². The number of benzene rings is 1. The average Bonchev–Trinajstić information content (AvgIpc) is 2.87. The molecule has 0 radical (unpaired) electrons. The van der Waals surface area contributed by atoms with Crippen molar-refractivity contribution in [2.24, 2.45) is 16.7 Å². The van der Waals surface area contributed by atoms with Crippen LogP contribution in [0, 0.1) is 0 Å². The van der Waals surface area contributed by atoms with Gasteiger partial charge in [-0.15, -0.1) is 5.10 Å². The Morgan fingerprint density at radius 1 is 1.37 bits per heavy atom. The summed E-state index contributed by atoms with van der Waals surface area (Å²) < 4.78 is 5.40. The van der Waals surface area contributed by atoms with Gasteiger partial charge in [0, 0.05) is 18.4 Å². The second-order valence-corrected chi connectivity index (χ2v) is 4.72. The summed E-state index contributed by atoms with van der Waals surface area (Å²) in [6, 6.07) is 7.39. The standard InChI is InChI=1S/C13H21N5O/c1-19-12-8-4-7-11(12)18(16)17-13(15)9-5-2-3-6-10(9)14/h2-3,5-6,11-12H,4,7-8,14,16H2,1H3,(H2,15,17). The van der Waals surface area contributed by atoms with Crippen LogP contribution < -0.4 is 17.3 Å². The van der Waals surface area contributed by atoms with Crippen LogP contribution in [0.3, 0.4) is 0 Å². The van der Waals surface area contributed by atoms with Crippen LogP contribution in [-0.2, 0) is 4.74 Å². The summed E-state index contributed by atoms with van der Waals surface area (Å²) >= 11 is 0. The van der Waals surface area contributed by atoms with Gasteiger partial charge in [-0.3, -0.25) is 0 Å². The zero-order valence-corrected chi connectivity index (χ0v) is 11.1. The predicted octanol–water partition coefficient (Wildman–Crippen LogP) is 0.632. The number of para-hydroxylation sites is 1. The molecule has 0 spiro atoms. The molecular formula is C13H21N5O. The van der Waals surface area contributed by atoms with E-state index < -0.39 is 0 Å². The Bertz CT molecular complexity index is 462. The zero-order chi connectivity index (χ0) is 13.8. The molecule has 1 aromatic rings. The van der Waals surface area contributed by atoms with E-state index in [1.54, 1.807) is 13.2 Å². The Hall–Kier alpha value is -1.79. The van der Waals surface area contributed by atoms with E-state index in [-0.39, 0.29) is 12.1 Å². The molecule has 1 aromatic carbocycles. The molecule has 0 aliphatic heterocycles. The molecular weight excluding hydrogens is 242 g/mol. The van der Waals surface area contributed by atoms with E-state index in [9.17, 15) is 0 Å². The SMILES string of the molecule is COC1CCCC1N(N)/N=C(\N)c1ccccc1N. The number of hydrogen-bond donors (Lipinski definition) is 3. The van der Waals surface area contributed by atoms with Crippen LogP contribution >= 0.6 is 0 Å². The maximum Gasteiger partial charge on any atom is 0.154 e. The van der Waals surface area contributed by atoms with Crippen LogP contribution in [0.1, 0.15) is 24.8 Å². The normalized spacial score (nSPS) is 23.6. The molecule has 2 unspecified atom stereocenters. The molecule has 2 atom stereocenters. The number of hydrazine groups is 1. The lowest BCUT2D eigenvalue weighted by atomic mass is 10.1. The summed E-state index contributed by atoms with van der Waals surface area (Å²) in [5.74, 6) is 6.30. The van der Waals surface area contributed by atoms with Gasteiger partial charge < -0.3 is 16.2 Å². The number of anilines is 1. The molecule has 6 heteroatoms. The number of methoxy groups -OCH3 is 1. The molecule has 2 rings (SSSR count). The van der Waals surface area contributed by atoms with Gasteiger partial charge in [-0.25, -0.2) is 11.0 Å². The first-order chi connectivity index (χ1) is 9.13. The van der Waals surface area contributed by atoms with E-state index in [0.717, 1.165) is 19.3 Å². The van der Waals surface area contributed by atoms with Gasteiger partial charge in [0.25, 0.3) is 0 Å². The van der Waals surface area contributed by atoms with E-state index in [1.807, 2.05) is 18.2 Å². The quantitative estimate of drug-likeness (QED) is 0.243. The minimum Gasteiger partial charge on any atom is -0.398 e. The number of rotatable bonds is 4. The molecule has 6 N–H and O–H groups in total. The zero-order valence-electron chi connectivity index (χ0n) is 11.1. The van der Waals surface area contributed by atoms with E-state index in [1.165, 1.54) is 5.12 Å². The van der Waals surface area contributed by atoms with E-state index in [0.29, 0.717) is 17.1 Å². The first-order valence-electron chi connectivity index (χ1n) is 6.39. The van der Waals surface area contributed by atoms with Crippen LogP contribution in [0.15, 0.2) is 29.4 Å². The predicted molar refractivity (Wildman–Crippen MR) is 76.0 cm³/mol. The fourth-order valence-electron chi connectivity index (χ4n) is 2.47. The van der Waals surface area contributed by atoms with Crippen molar-refractivity contribution < 1.29 is 4.74 Å². The highest BCUT2D eigenvalue weighted by Gasteiger charge is 2.31. The molecule has 1 aliphatic rings. The molecule has 0 amide bonds. The molecule has 1 saturated carbocycles. The number of hydrogen-bond acceptors (Lipinski definition) is 5. The third-order valence-electron chi connectivity index (χ3n) is 3.52. The number of amidine groups is 1. The molecule has 104 valence electrons. The summed E-state index contributed by atoms with van der Waals surface area (Å²) in [6.45, 7) is 0. The smallest absolute Gasteiger partial charge is 0.154 e. The highest BCUT2D eigenvalue weighted by molar-refractivity contribution is 6.01. The summed E-state index contributed by atoms with van der Waals surface area (Å²) in [4.78, 5) is 0. The summed E-state index contributed by atoms with van der Waals surface area (Å²) in [5.41, 5.74) is 13.1. The Morgan fingerprint density at radius 3 is 2.79 bits per heavy atom. The molecule has 19 heavy (non-hydrogen) atoms. The van der Waals surface area contributed by atoms with Crippen LogP contribution in [0.2, 0.25) is 0 Å². The Labute approximate surface area is 113 Å². The van der Waals surface area contributed by atoms with E-state index in [2.05, 4.69) is 5.10 Å². The Kier molecular flexibility index (Phi) is 4.24. The Balaban J connectivity index is 2.14. The minimum atomic E-state index is 0.0634. The highest BCUT2D eigenvalue weighted by Crippen LogP contribution is 2.25. The van der Waals surface area contributed by atoms with Crippen molar-refractivity contribution in [3.05, 3.63) is 29.8 Å². The first kappa shape index (κ1) is 13.6. The molecule has 0 bridgehead atoms. The number of nitrogen functional groups attached to an aromatic ring is 1. The number of ether oxygens (including phenoxy) is 1. The second kappa shape index (κ2) is 5.90. The molecule has 0 heterocycles. The Morgan fingerprint density at radius 2 is 2.11 bits per heavy atom. The number of nitrogens with zero attached hydrogens (tertiary/aromatic N) is 2. The molecule has 0 saturated heterocycles. The van der Waals surface area contributed by atoms with Gasteiger partial charge in [0.1, 0.15) is 0 Å². The monoisotopic (exact) mass is 263 g/mol. The topological polar surface area (TPSA) is 103 Å². The van der Waals surface area contributed by atoms with Gasteiger partial charge in [0.15, 0.2) is 5.84 Å². The van der Waals surface area contributed by atoms with Crippen LogP contribution in [0.25, 0.3) is 0 Å². The lowest BCUT2D eigenvalue weighted by Crippen LogP contribution is -2.43. The van der Waals surface area contributed by atoms with Gasteiger partial charge in [-0.05, 0) is 31.4 Å². The lowest BCUT2D eigenvalue weighted by molar-refractivity contribution is 0.0336. The fraction of sp³-hybridized carbons (Fsp3) is 0.462. The maximum absolute atomic E-state index is 5.98. The van der Waals surface area contributed by atoms with Gasteiger partial charge in [-0.2, -0.15) is 0 Å². The average molecular weight is 263 g/mol. The third-order valence-corrected chi connectivity index (χ3v) is 3.52. The van der Waals surface area contributed by atoms with Crippen LogP contribution in [0.4, 0.5) is 5.69 Å².